The molecule has 2 saturated heterocycles. The quantitative estimate of drug-likeness (QED) is 0.367. The molecule has 0 saturated carbocycles. The number of ether oxygens (including phenoxy) is 3. The summed E-state index contributed by atoms with van der Waals surface area (Å²) in [5.74, 6) is -1.49. The predicted octanol–water partition coefficient (Wildman–Crippen LogP) is -0.984. The highest BCUT2D eigenvalue weighted by atomic mass is 16.6. The summed E-state index contributed by atoms with van der Waals surface area (Å²) in [5, 5.41) is 5.09. The van der Waals surface area contributed by atoms with Crippen LogP contribution in [0.2, 0.25) is 0 Å². The van der Waals surface area contributed by atoms with Crippen molar-refractivity contribution < 1.29 is 33.4 Å². The molecule has 2 atom stereocenters. The Bertz CT molecular complexity index is 459. The van der Waals surface area contributed by atoms with E-state index in [1.165, 1.54) is 0 Å². The van der Waals surface area contributed by atoms with Crippen LogP contribution in [0, 0.1) is 0 Å². The average Bonchev–Trinajstić information content (AvgIpc) is 3.09. The number of nitrogens with one attached hydrogen (secondary N) is 2. The molecule has 0 bridgehead atoms. The number of hydrogen-bond acceptors (Lipinski definition) is 7. The van der Waals surface area contributed by atoms with Gasteiger partial charge < -0.3 is 24.8 Å². The fourth-order valence-corrected chi connectivity index (χ4v) is 1.92. The number of rotatable bonds is 6. The minimum atomic E-state index is -0.729. The molecule has 9 heteroatoms. The van der Waals surface area contributed by atoms with Gasteiger partial charge in [-0.15, -0.1) is 0 Å². The number of carbonyl (C=O) groups excluding carboxylic acids is 4. The summed E-state index contributed by atoms with van der Waals surface area (Å²) < 4.78 is 14.3. The third kappa shape index (κ3) is 5.08. The van der Waals surface area contributed by atoms with E-state index in [4.69, 9.17) is 9.47 Å². The van der Waals surface area contributed by atoms with E-state index in [1.54, 1.807) is 0 Å². The molecule has 0 aromatic rings. The zero-order valence-corrected chi connectivity index (χ0v) is 11.7. The lowest BCUT2D eigenvalue weighted by atomic mass is 10.2. The molecule has 0 spiro atoms. The first-order chi connectivity index (χ1) is 10.5. The zero-order valence-electron chi connectivity index (χ0n) is 11.7. The van der Waals surface area contributed by atoms with Crippen molar-refractivity contribution in [2.24, 2.45) is 0 Å². The summed E-state index contributed by atoms with van der Waals surface area (Å²) in [4.78, 5) is 44.4. The maximum absolute atomic E-state index is 11.4. The number of hydrogen-bond donors (Lipinski definition) is 2. The van der Waals surface area contributed by atoms with Crippen molar-refractivity contribution in [3.63, 3.8) is 0 Å². The summed E-state index contributed by atoms with van der Waals surface area (Å²) in [7, 11) is 0. The minimum Gasteiger partial charge on any atom is -0.460 e. The number of carbonyl (C=O) groups is 4. The van der Waals surface area contributed by atoms with Crippen molar-refractivity contribution in [3.8, 4) is 0 Å². The Morgan fingerprint density at radius 2 is 1.73 bits per heavy atom. The molecule has 0 radical (unpaired) electrons. The summed E-state index contributed by atoms with van der Waals surface area (Å²) in [6.45, 7) is 0.151. The summed E-state index contributed by atoms with van der Waals surface area (Å²) in [6, 6.07) is -0.564. The lowest BCUT2D eigenvalue weighted by Gasteiger charge is -2.09. The maximum atomic E-state index is 11.4. The highest BCUT2D eigenvalue weighted by Crippen LogP contribution is 2.06. The fourth-order valence-electron chi connectivity index (χ4n) is 1.92. The second-order valence-electron chi connectivity index (χ2n) is 4.84. The van der Waals surface area contributed by atoms with Gasteiger partial charge in [0.15, 0.2) is 0 Å². The normalized spacial score (nSPS) is 23.8. The van der Waals surface area contributed by atoms with Gasteiger partial charge in [-0.1, -0.05) is 0 Å². The van der Waals surface area contributed by atoms with Gasteiger partial charge in [-0.25, -0.2) is 14.4 Å². The molecule has 0 aliphatic carbocycles. The van der Waals surface area contributed by atoms with E-state index in [1.807, 2.05) is 0 Å². The Labute approximate surface area is 126 Å². The topological polar surface area (TPSA) is 120 Å². The lowest BCUT2D eigenvalue weighted by Crippen LogP contribution is -2.31. The Kier molecular flexibility index (Phi) is 5.34. The molecule has 0 aromatic carbocycles. The predicted molar refractivity (Wildman–Crippen MR) is 70.5 cm³/mol. The molecular weight excluding hydrogens is 296 g/mol. The van der Waals surface area contributed by atoms with E-state index in [-0.39, 0.29) is 37.8 Å². The van der Waals surface area contributed by atoms with Gasteiger partial charge in [-0.2, -0.15) is 0 Å². The first kappa shape index (κ1) is 15.8. The van der Waals surface area contributed by atoms with Crippen molar-refractivity contribution >= 4 is 23.9 Å². The molecule has 9 nitrogen and oxygen atoms in total. The van der Waals surface area contributed by atoms with Crippen LogP contribution in [0.5, 0.6) is 0 Å². The molecule has 2 aliphatic rings. The first-order valence-electron chi connectivity index (χ1n) is 6.77. The molecule has 2 unspecified atom stereocenters. The van der Waals surface area contributed by atoms with E-state index in [9.17, 15) is 19.2 Å². The molecule has 2 amide bonds. The zero-order chi connectivity index (χ0) is 15.9. The van der Waals surface area contributed by atoms with Crippen molar-refractivity contribution in [3.05, 3.63) is 12.2 Å². The molecule has 2 rings (SSSR count). The van der Waals surface area contributed by atoms with E-state index in [0.29, 0.717) is 12.8 Å². The van der Waals surface area contributed by atoms with Gasteiger partial charge in [0.2, 0.25) is 5.91 Å². The summed E-state index contributed by atoms with van der Waals surface area (Å²) >= 11 is 0. The van der Waals surface area contributed by atoms with Gasteiger partial charge in [0.05, 0.1) is 6.04 Å². The Balaban J connectivity index is 1.60. The van der Waals surface area contributed by atoms with Crippen molar-refractivity contribution in [2.45, 2.75) is 24.9 Å². The highest BCUT2D eigenvalue weighted by Gasteiger charge is 2.23. The largest absolute Gasteiger partial charge is 0.460 e. The third-order valence-corrected chi connectivity index (χ3v) is 3.03. The number of alkyl carbamates (subject to hydrolysis) is 1. The van der Waals surface area contributed by atoms with E-state index >= 15 is 0 Å². The molecule has 2 N–H and O–H groups in total. The standard InChI is InChI=1S/C13H16N2O7/c16-10-2-1-8(14-10)5-20-11(17)3-4-12(18)21-6-9-7-22-13(19)15-9/h3-4,8-9H,1-2,5-7H2,(H,14,16)(H,15,19)/b4-3+. The van der Waals surface area contributed by atoms with Gasteiger partial charge in [0.25, 0.3) is 0 Å². The summed E-state index contributed by atoms with van der Waals surface area (Å²) in [6.07, 6.45) is 2.37. The minimum absolute atomic E-state index is 0.0436. The van der Waals surface area contributed by atoms with Gasteiger partial charge in [-0.3, -0.25) is 4.79 Å². The number of cyclic esters (lactones) is 1. The van der Waals surface area contributed by atoms with Gasteiger partial charge in [0.1, 0.15) is 25.9 Å². The second-order valence-corrected chi connectivity index (χ2v) is 4.84. The van der Waals surface area contributed by atoms with Crippen LogP contribution in [0.1, 0.15) is 12.8 Å². The van der Waals surface area contributed by atoms with Crippen molar-refractivity contribution in [2.75, 3.05) is 19.8 Å². The molecule has 120 valence electrons. The van der Waals surface area contributed by atoms with Crippen LogP contribution >= 0.6 is 0 Å². The molecule has 0 aromatic heterocycles. The van der Waals surface area contributed by atoms with Crippen LogP contribution in [0.25, 0.3) is 0 Å². The number of amides is 2. The van der Waals surface area contributed by atoms with Gasteiger partial charge >= 0.3 is 18.0 Å². The Morgan fingerprint density at radius 3 is 2.23 bits per heavy atom. The Hall–Kier alpha value is -2.58. The van der Waals surface area contributed by atoms with Crippen LogP contribution in [-0.4, -0.2) is 55.8 Å². The lowest BCUT2D eigenvalue weighted by molar-refractivity contribution is -0.141. The van der Waals surface area contributed by atoms with Crippen LogP contribution in [0.15, 0.2) is 12.2 Å². The van der Waals surface area contributed by atoms with Gasteiger partial charge in [-0.05, 0) is 6.42 Å². The smallest absolute Gasteiger partial charge is 0.407 e. The highest BCUT2D eigenvalue weighted by molar-refractivity contribution is 5.91. The fraction of sp³-hybridized carbons (Fsp3) is 0.538. The van der Waals surface area contributed by atoms with Crippen molar-refractivity contribution in [1.29, 1.82) is 0 Å². The van der Waals surface area contributed by atoms with Crippen LogP contribution in [0.4, 0.5) is 4.79 Å². The first-order valence-corrected chi connectivity index (χ1v) is 6.77. The van der Waals surface area contributed by atoms with Gasteiger partial charge in [0, 0.05) is 18.6 Å². The molecule has 2 fully saturated rings. The average molecular weight is 312 g/mol. The second kappa shape index (κ2) is 7.43. The van der Waals surface area contributed by atoms with E-state index in [2.05, 4.69) is 15.4 Å². The molecule has 22 heavy (non-hydrogen) atoms. The van der Waals surface area contributed by atoms with Crippen LogP contribution < -0.4 is 10.6 Å². The molecular formula is C13H16N2O7. The van der Waals surface area contributed by atoms with Crippen LogP contribution in [-0.2, 0) is 28.6 Å². The monoisotopic (exact) mass is 312 g/mol. The molecule has 2 heterocycles. The van der Waals surface area contributed by atoms with E-state index in [0.717, 1.165) is 12.2 Å². The molecule has 2 aliphatic heterocycles. The Morgan fingerprint density at radius 1 is 1.09 bits per heavy atom. The number of esters is 2. The summed E-state index contributed by atoms with van der Waals surface area (Å²) in [5.41, 5.74) is 0. The van der Waals surface area contributed by atoms with Crippen LogP contribution in [0.3, 0.4) is 0 Å². The van der Waals surface area contributed by atoms with Crippen molar-refractivity contribution in [1.82, 2.24) is 10.6 Å². The SMILES string of the molecule is O=C1CCC(COC(=O)/C=C/C(=O)OCC2COC(=O)N2)N1. The van der Waals surface area contributed by atoms with E-state index < -0.39 is 18.0 Å². The third-order valence-electron chi connectivity index (χ3n) is 3.03. The maximum Gasteiger partial charge on any atom is 0.407 e.